The Hall–Kier alpha value is -2.73. The van der Waals surface area contributed by atoms with Gasteiger partial charge in [-0.2, -0.15) is 0 Å². The molecule has 3 rings (SSSR count). The summed E-state index contributed by atoms with van der Waals surface area (Å²) in [5, 5.41) is 0. The lowest BCUT2D eigenvalue weighted by Gasteiger charge is -2.45. The molecule has 26 heavy (non-hydrogen) atoms. The number of nitrogens with zero attached hydrogens (tertiary/aromatic N) is 3. The van der Waals surface area contributed by atoms with Gasteiger partial charge in [-0.3, -0.25) is 29.3 Å². The number of rotatable bonds is 4. The van der Waals surface area contributed by atoms with Crippen LogP contribution in [0.5, 0.6) is 0 Å². The van der Waals surface area contributed by atoms with Crippen LogP contribution in [0.2, 0.25) is 0 Å². The molecule has 0 amide bonds. The van der Waals surface area contributed by atoms with Crippen molar-refractivity contribution in [1.82, 2.24) is 14.9 Å². The number of hydrogen-bond donors (Lipinski definition) is 0. The van der Waals surface area contributed by atoms with Crippen LogP contribution in [-0.4, -0.2) is 39.3 Å². The van der Waals surface area contributed by atoms with Crippen LogP contribution in [0.1, 0.15) is 37.3 Å². The first-order valence-electron chi connectivity index (χ1n) is 8.52. The molecule has 4 atom stereocenters. The van der Waals surface area contributed by atoms with E-state index in [1.165, 1.54) is 13.8 Å². The maximum Gasteiger partial charge on any atom is 0.157 e. The fraction of sp³-hybridized carbons (Fsp3) is 0.350. The molecule has 134 valence electrons. The number of hydrogen-bond acceptors (Lipinski definition) is 6. The van der Waals surface area contributed by atoms with E-state index in [-0.39, 0.29) is 17.3 Å². The Labute approximate surface area is 152 Å². The van der Waals surface area contributed by atoms with Crippen molar-refractivity contribution in [2.24, 2.45) is 11.8 Å². The SMILES string of the molecule is CC(=O)C1C(=O)C(C(C)=O)C(c2ccccn2)N(C)C1c1ccccn1. The van der Waals surface area contributed by atoms with Gasteiger partial charge in [-0.15, -0.1) is 0 Å². The highest BCUT2D eigenvalue weighted by Crippen LogP contribution is 2.44. The minimum absolute atomic E-state index is 0.261. The van der Waals surface area contributed by atoms with Crippen molar-refractivity contribution in [3.05, 3.63) is 60.2 Å². The van der Waals surface area contributed by atoms with E-state index in [2.05, 4.69) is 9.97 Å². The number of carbonyl (C=O) groups is 3. The van der Waals surface area contributed by atoms with Gasteiger partial charge >= 0.3 is 0 Å². The lowest BCUT2D eigenvalue weighted by molar-refractivity contribution is -0.150. The molecule has 1 saturated heterocycles. The van der Waals surface area contributed by atoms with Crippen molar-refractivity contribution in [1.29, 1.82) is 0 Å². The largest absolute Gasteiger partial charge is 0.299 e. The van der Waals surface area contributed by atoms with Crippen LogP contribution in [0.25, 0.3) is 0 Å². The van der Waals surface area contributed by atoms with Crippen molar-refractivity contribution in [3.63, 3.8) is 0 Å². The number of carbonyl (C=O) groups excluding carboxylic acids is 3. The summed E-state index contributed by atoms with van der Waals surface area (Å²) in [4.78, 5) is 48.5. The van der Waals surface area contributed by atoms with Crippen LogP contribution in [0.3, 0.4) is 0 Å². The monoisotopic (exact) mass is 351 g/mol. The minimum atomic E-state index is -0.927. The number of piperidine rings is 1. The molecule has 0 bridgehead atoms. The predicted octanol–water partition coefficient (Wildman–Crippen LogP) is 2.18. The smallest absolute Gasteiger partial charge is 0.157 e. The highest BCUT2D eigenvalue weighted by molar-refractivity contribution is 6.12. The van der Waals surface area contributed by atoms with E-state index in [1.54, 1.807) is 36.7 Å². The maximum atomic E-state index is 13.2. The first kappa shape index (κ1) is 18.1. The summed E-state index contributed by atoms with van der Waals surface area (Å²) < 4.78 is 0. The quantitative estimate of drug-likeness (QED) is 0.786. The third-order valence-electron chi connectivity index (χ3n) is 4.98. The predicted molar refractivity (Wildman–Crippen MR) is 95.1 cm³/mol. The molecular formula is C20H21N3O3. The van der Waals surface area contributed by atoms with Crippen molar-refractivity contribution < 1.29 is 14.4 Å². The summed E-state index contributed by atoms with van der Waals surface area (Å²) in [7, 11) is 1.82. The Balaban J connectivity index is 2.17. The lowest BCUT2D eigenvalue weighted by atomic mass is 9.72. The van der Waals surface area contributed by atoms with Crippen LogP contribution >= 0.6 is 0 Å². The van der Waals surface area contributed by atoms with Gasteiger partial charge in [-0.05, 0) is 45.2 Å². The van der Waals surface area contributed by atoms with Crippen LogP contribution in [0.15, 0.2) is 48.8 Å². The molecule has 1 aliphatic rings. The second-order valence-corrected chi connectivity index (χ2v) is 6.64. The van der Waals surface area contributed by atoms with E-state index in [1.807, 2.05) is 24.1 Å². The summed E-state index contributed by atoms with van der Waals surface area (Å²) in [6.45, 7) is 2.79. The molecule has 0 radical (unpaired) electrons. The van der Waals surface area contributed by atoms with Crippen LogP contribution in [0, 0.1) is 11.8 Å². The molecule has 6 heteroatoms. The number of likely N-dealkylation sites (tertiary alicyclic amines) is 1. The Morgan fingerprint density at radius 3 is 1.58 bits per heavy atom. The van der Waals surface area contributed by atoms with E-state index < -0.39 is 23.9 Å². The minimum Gasteiger partial charge on any atom is -0.299 e. The third-order valence-corrected chi connectivity index (χ3v) is 4.98. The van der Waals surface area contributed by atoms with Crippen LogP contribution in [-0.2, 0) is 14.4 Å². The first-order valence-corrected chi connectivity index (χ1v) is 8.52. The Bertz CT molecular complexity index is 755. The van der Waals surface area contributed by atoms with Gasteiger partial charge in [-0.1, -0.05) is 12.1 Å². The fourth-order valence-electron chi connectivity index (χ4n) is 3.85. The Kier molecular flexibility index (Phi) is 5.04. The van der Waals surface area contributed by atoms with Crippen LogP contribution in [0.4, 0.5) is 0 Å². The molecule has 0 aromatic carbocycles. The van der Waals surface area contributed by atoms with Crippen molar-refractivity contribution >= 4 is 17.3 Å². The standard InChI is InChI=1S/C20H21N3O3/c1-12(24)16-18(14-8-4-6-10-21-14)23(3)19(15-9-5-7-11-22-15)17(13(2)25)20(16)26/h4-11,16-19H,1-3H3. The zero-order valence-corrected chi connectivity index (χ0v) is 15.0. The van der Waals surface area contributed by atoms with E-state index in [0.717, 1.165) is 0 Å². The summed E-state index contributed by atoms with van der Waals surface area (Å²) in [5.41, 5.74) is 1.26. The second kappa shape index (κ2) is 7.25. The highest BCUT2D eigenvalue weighted by Gasteiger charge is 2.52. The molecular weight excluding hydrogens is 330 g/mol. The lowest BCUT2D eigenvalue weighted by Crippen LogP contribution is -2.53. The maximum absolute atomic E-state index is 13.2. The number of aromatic nitrogens is 2. The van der Waals surface area contributed by atoms with Gasteiger partial charge in [0.05, 0.1) is 35.3 Å². The topological polar surface area (TPSA) is 80.2 Å². The molecule has 2 aromatic rings. The molecule has 0 N–H and O–H groups in total. The molecule has 1 aliphatic heterocycles. The summed E-state index contributed by atoms with van der Waals surface area (Å²) in [6, 6.07) is 9.74. The second-order valence-electron chi connectivity index (χ2n) is 6.64. The van der Waals surface area contributed by atoms with E-state index in [4.69, 9.17) is 0 Å². The van der Waals surface area contributed by atoms with Gasteiger partial charge in [0.25, 0.3) is 0 Å². The van der Waals surface area contributed by atoms with Gasteiger partial charge in [0.15, 0.2) is 5.78 Å². The summed E-state index contributed by atoms with van der Waals surface area (Å²) in [6.07, 6.45) is 3.27. The summed E-state index contributed by atoms with van der Waals surface area (Å²) >= 11 is 0. The molecule has 6 nitrogen and oxygen atoms in total. The van der Waals surface area contributed by atoms with E-state index in [9.17, 15) is 14.4 Å². The molecule has 3 heterocycles. The number of ketones is 3. The molecule has 0 aliphatic carbocycles. The Morgan fingerprint density at radius 2 is 1.27 bits per heavy atom. The average molecular weight is 351 g/mol. The Morgan fingerprint density at radius 1 is 0.846 bits per heavy atom. The molecule has 4 unspecified atom stereocenters. The normalized spacial score (nSPS) is 26.5. The summed E-state index contributed by atoms with van der Waals surface area (Å²) in [5.74, 6) is -2.73. The third kappa shape index (κ3) is 3.08. The molecule has 0 saturated carbocycles. The number of Topliss-reactive ketones (excluding diaryl/α,β-unsaturated/α-hetero) is 3. The number of pyridine rings is 2. The first-order chi connectivity index (χ1) is 12.4. The average Bonchev–Trinajstić information content (AvgIpc) is 2.63. The van der Waals surface area contributed by atoms with Gasteiger partial charge < -0.3 is 0 Å². The zero-order valence-electron chi connectivity index (χ0n) is 15.0. The fourth-order valence-corrected chi connectivity index (χ4v) is 3.85. The zero-order chi connectivity index (χ0) is 18.8. The van der Waals surface area contributed by atoms with Crippen LogP contribution < -0.4 is 0 Å². The van der Waals surface area contributed by atoms with E-state index in [0.29, 0.717) is 11.4 Å². The highest BCUT2D eigenvalue weighted by atomic mass is 16.2. The van der Waals surface area contributed by atoms with Gasteiger partial charge in [0, 0.05) is 12.4 Å². The van der Waals surface area contributed by atoms with Crippen molar-refractivity contribution in [2.45, 2.75) is 25.9 Å². The molecule has 2 aromatic heterocycles. The van der Waals surface area contributed by atoms with Gasteiger partial charge in [0.2, 0.25) is 0 Å². The van der Waals surface area contributed by atoms with Gasteiger partial charge in [-0.25, -0.2) is 0 Å². The van der Waals surface area contributed by atoms with Crippen molar-refractivity contribution in [3.8, 4) is 0 Å². The molecule has 1 fully saturated rings. The molecule has 0 spiro atoms. The van der Waals surface area contributed by atoms with E-state index >= 15 is 0 Å². The van der Waals surface area contributed by atoms with Gasteiger partial charge in [0.1, 0.15) is 11.6 Å². The van der Waals surface area contributed by atoms with Crippen molar-refractivity contribution in [2.75, 3.05) is 7.05 Å².